The summed E-state index contributed by atoms with van der Waals surface area (Å²) in [5, 5.41) is 8.90. The van der Waals surface area contributed by atoms with Crippen molar-refractivity contribution in [3.63, 3.8) is 0 Å². The molecule has 29 heavy (non-hydrogen) atoms. The number of aromatic nitrogens is 1. The van der Waals surface area contributed by atoms with Crippen LogP contribution in [0.25, 0.3) is 11.0 Å². The third-order valence-electron chi connectivity index (χ3n) is 5.18. The highest BCUT2D eigenvalue weighted by Gasteiger charge is 2.24. The summed E-state index contributed by atoms with van der Waals surface area (Å²) in [7, 11) is 0. The molecule has 0 unspecified atom stereocenters. The van der Waals surface area contributed by atoms with Crippen LogP contribution in [0.4, 0.5) is 9.39 Å². The molecule has 0 spiro atoms. The number of hydrogen-bond donors (Lipinski definition) is 1. The lowest BCUT2D eigenvalue weighted by atomic mass is 9.91. The van der Waals surface area contributed by atoms with Crippen LogP contribution in [0.15, 0.2) is 39.1 Å². The first-order valence-corrected chi connectivity index (χ1v) is 11.7. The van der Waals surface area contributed by atoms with Gasteiger partial charge in [-0.1, -0.05) is 5.16 Å². The second kappa shape index (κ2) is 9.28. The van der Waals surface area contributed by atoms with Crippen molar-refractivity contribution in [3.8, 4) is 0 Å². The molecule has 1 aromatic carbocycles. The van der Waals surface area contributed by atoms with Crippen molar-refractivity contribution in [3.05, 3.63) is 41.8 Å². The first-order valence-electron chi connectivity index (χ1n) is 9.86. The topological polar surface area (TPSA) is 58.4 Å². The Balaban J connectivity index is 1.20. The van der Waals surface area contributed by atoms with Gasteiger partial charge in [0, 0.05) is 30.0 Å². The molecule has 4 rings (SSSR count). The summed E-state index contributed by atoms with van der Waals surface area (Å²) in [6, 6.07) is 8.69. The highest BCUT2D eigenvalue weighted by atomic mass is 32.2. The molecule has 0 saturated carbocycles. The number of likely N-dealkylation sites (tertiary alicyclic amines) is 1. The van der Waals surface area contributed by atoms with Crippen LogP contribution in [0.1, 0.15) is 37.8 Å². The van der Waals surface area contributed by atoms with Crippen LogP contribution >= 0.6 is 23.1 Å². The van der Waals surface area contributed by atoms with Crippen LogP contribution in [-0.4, -0.2) is 41.4 Å². The molecule has 1 saturated heterocycles. The van der Waals surface area contributed by atoms with E-state index in [4.69, 9.17) is 4.52 Å². The van der Waals surface area contributed by atoms with E-state index >= 15 is 0 Å². The maximum Gasteiger partial charge on any atom is 0.221 e. The highest BCUT2D eigenvalue weighted by Crippen LogP contribution is 2.33. The van der Waals surface area contributed by atoms with E-state index in [-0.39, 0.29) is 11.7 Å². The van der Waals surface area contributed by atoms with Gasteiger partial charge in [-0.05, 0) is 63.2 Å². The monoisotopic (exact) mass is 433 g/mol. The number of piperidine rings is 1. The fourth-order valence-corrected chi connectivity index (χ4v) is 5.83. The van der Waals surface area contributed by atoms with Crippen LogP contribution in [0.2, 0.25) is 0 Å². The maximum absolute atomic E-state index is 13.3. The Hall–Kier alpha value is -1.90. The Labute approximate surface area is 177 Å². The molecule has 0 radical (unpaired) electrons. The van der Waals surface area contributed by atoms with E-state index in [1.807, 2.05) is 17.8 Å². The molecule has 0 aliphatic carbocycles. The largest absolute Gasteiger partial charge is 0.356 e. The summed E-state index contributed by atoms with van der Waals surface area (Å²) in [6.07, 6.45) is 3.24. The second-order valence-electron chi connectivity index (χ2n) is 7.33. The van der Waals surface area contributed by atoms with E-state index in [2.05, 4.69) is 21.4 Å². The van der Waals surface area contributed by atoms with Gasteiger partial charge in [0.15, 0.2) is 5.58 Å². The van der Waals surface area contributed by atoms with Gasteiger partial charge >= 0.3 is 0 Å². The number of thiophene rings is 1. The Morgan fingerprint density at radius 2 is 2.17 bits per heavy atom. The molecule has 0 atom stereocenters. The molecule has 2 aromatic heterocycles. The fourth-order valence-electron chi connectivity index (χ4n) is 3.75. The SMILES string of the molecule is CC(=O)Nc1ccc(SCCCN2CCC(c3noc4cc(F)ccc34)CC2)s1. The van der Waals surface area contributed by atoms with Gasteiger partial charge < -0.3 is 14.7 Å². The fraction of sp³-hybridized carbons (Fsp3) is 0.429. The van der Waals surface area contributed by atoms with Gasteiger partial charge in [-0.25, -0.2) is 4.39 Å². The molecule has 3 heterocycles. The summed E-state index contributed by atoms with van der Waals surface area (Å²) in [5.41, 5.74) is 1.51. The number of amides is 1. The van der Waals surface area contributed by atoms with Gasteiger partial charge in [-0.2, -0.15) is 0 Å². The van der Waals surface area contributed by atoms with Crippen molar-refractivity contribution in [1.29, 1.82) is 0 Å². The molecule has 3 aromatic rings. The highest BCUT2D eigenvalue weighted by molar-refractivity contribution is 8.01. The maximum atomic E-state index is 13.3. The third kappa shape index (κ3) is 5.18. The minimum Gasteiger partial charge on any atom is -0.356 e. The lowest BCUT2D eigenvalue weighted by molar-refractivity contribution is -0.114. The number of halogens is 1. The van der Waals surface area contributed by atoms with Crippen molar-refractivity contribution in [2.45, 2.75) is 36.3 Å². The summed E-state index contributed by atoms with van der Waals surface area (Å²) >= 11 is 3.47. The Morgan fingerprint density at radius 1 is 1.34 bits per heavy atom. The van der Waals surface area contributed by atoms with Gasteiger partial charge in [0.25, 0.3) is 0 Å². The van der Waals surface area contributed by atoms with Crippen LogP contribution in [0, 0.1) is 5.82 Å². The van der Waals surface area contributed by atoms with Gasteiger partial charge in [-0.3, -0.25) is 4.79 Å². The van der Waals surface area contributed by atoms with Gasteiger partial charge in [0.05, 0.1) is 14.9 Å². The van der Waals surface area contributed by atoms with Crippen molar-refractivity contribution >= 4 is 45.0 Å². The smallest absolute Gasteiger partial charge is 0.221 e. The summed E-state index contributed by atoms with van der Waals surface area (Å²) < 4.78 is 19.9. The lowest BCUT2D eigenvalue weighted by Crippen LogP contribution is -2.34. The minimum absolute atomic E-state index is 0.0300. The van der Waals surface area contributed by atoms with E-state index in [0.717, 1.165) is 60.7 Å². The van der Waals surface area contributed by atoms with Crippen molar-refractivity contribution in [2.24, 2.45) is 0 Å². The van der Waals surface area contributed by atoms with Crippen molar-refractivity contribution in [2.75, 3.05) is 30.7 Å². The summed E-state index contributed by atoms with van der Waals surface area (Å²) in [5.74, 6) is 1.13. The zero-order valence-corrected chi connectivity index (χ0v) is 18.0. The second-order valence-corrected chi connectivity index (χ2v) is 9.81. The quantitative estimate of drug-likeness (QED) is 0.402. The number of fused-ring (bicyclic) bond motifs is 1. The van der Waals surface area contributed by atoms with Crippen LogP contribution in [0.5, 0.6) is 0 Å². The molecule has 154 valence electrons. The number of thioether (sulfide) groups is 1. The third-order valence-corrected chi connectivity index (χ3v) is 7.49. The van der Waals surface area contributed by atoms with E-state index in [1.54, 1.807) is 17.4 Å². The van der Waals surface area contributed by atoms with Crippen molar-refractivity contribution < 1.29 is 13.7 Å². The number of rotatable bonds is 7. The number of hydrogen-bond acceptors (Lipinski definition) is 6. The number of benzene rings is 1. The molecule has 1 amide bonds. The van der Waals surface area contributed by atoms with Gasteiger partial charge in [-0.15, -0.1) is 23.1 Å². The Morgan fingerprint density at radius 3 is 2.97 bits per heavy atom. The van der Waals surface area contributed by atoms with Gasteiger partial charge in [0.1, 0.15) is 5.82 Å². The van der Waals surface area contributed by atoms with Crippen LogP contribution < -0.4 is 5.32 Å². The first kappa shape index (κ1) is 20.4. The average molecular weight is 434 g/mol. The zero-order valence-electron chi connectivity index (χ0n) is 16.3. The van der Waals surface area contributed by atoms with Crippen LogP contribution in [-0.2, 0) is 4.79 Å². The lowest BCUT2D eigenvalue weighted by Gasteiger charge is -2.31. The average Bonchev–Trinajstić information content (AvgIpc) is 3.31. The van der Waals surface area contributed by atoms with Crippen LogP contribution in [0.3, 0.4) is 0 Å². The zero-order chi connectivity index (χ0) is 20.2. The predicted molar refractivity (Wildman–Crippen MR) is 116 cm³/mol. The Kier molecular flexibility index (Phi) is 6.52. The molecule has 1 N–H and O–H groups in total. The molecule has 1 fully saturated rings. The normalized spacial score (nSPS) is 15.8. The minimum atomic E-state index is -0.290. The number of nitrogens with one attached hydrogen (secondary N) is 1. The molecule has 1 aliphatic rings. The molecule has 5 nitrogen and oxygen atoms in total. The molecule has 8 heteroatoms. The summed E-state index contributed by atoms with van der Waals surface area (Å²) in [4.78, 5) is 13.6. The predicted octanol–water partition coefficient (Wildman–Crippen LogP) is 5.35. The van der Waals surface area contributed by atoms with E-state index in [1.165, 1.54) is 23.3 Å². The molecular weight excluding hydrogens is 409 g/mol. The van der Waals surface area contributed by atoms with E-state index in [0.29, 0.717) is 11.5 Å². The number of anilines is 1. The summed E-state index contributed by atoms with van der Waals surface area (Å²) in [6.45, 7) is 4.72. The van der Waals surface area contributed by atoms with Crippen molar-refractivity contribution in [1.82, 2.24) is 10.1 Å². The number of carbonyl (C=O) groups is 1. The standard InChI is InChI=1S/C21H24FN3O2S2/c1-14(26)23-19-5-6-20(29-19)28-12-2-9-25-10-7-15(8-11-25)21-17-4-3-16(22)13-18(17)27-24-21/h3-6,13,15H,2,7-12H2,1H3,(H,23,26). The molecular formula is C21H24FN3O2S2. The van der Waals surface area contributed by atoms with Gasteiger partial charge in [0.2, 0.25) is 5.91 Å². The molecule has 0 bridgehead atoms. The first-order chi connectivity index (χ1) is 14.1. The Bertz CT molecular complexity index is 979. The van der Waals surface area contributed by atoms with E-state index in [9.17, 15) is 9.18 Å². The molecule has 1 aliphatic heterocycles. The number of nitrogens with zero attached hydrogens (tertiary/aromatic N) is 2. The van der Waals surface area contributed by atoms with E-state index < -0.39 is 0 Å². The number of carbonyl (C=O) groups excluding carboxylic acids is 1.